The summed E-state index contributed by atoms with van der Waals surface area (Å²) in [4.78, 5) is 18.8. The predicted molar refractivity (Wildman–Crippen MR) is 71.8 cm³/mol. The van der Waals surface area contributed by atoms with Crippen molar-refractivity contribution in [1.29, 1.82) is 0 Å². The average molecular weight is 247 g/mol. The van der Waals surface area contributed by atoms with Gasteiger partial charge in [0.25, 0.3) is 5.56 Å². The molecule has 4 nitrogen and oxygen atoms in total. The molecule has 3 rings (SSSR count). The van der Waals surface area contributed by atoms with E-state index < -0.39 is 0 Å². The van der Waals surface area contributed by atoms with Gasteiger partial charge in [0.2, 0.25) is 0 Å². The van der Waals surface area contributed by atoms with Gasteiger partial charge in [-0.2, -0.15) is 0 Å². The van der Waals surface area contributed by atoms with Crippen LogP contribution in [0.2, 0.25) is 0 Å². The summed E-state index contributed by atoms with van der Waals surface area (Å²) >= 11 is 0. The summed E-state index contributed by atoms with van der Waals surface area (Å²) in [7, 11) is 0. The Morgan fingerprint density at radius 3 is 2.78 bits per heavy atom. The second kappa shape index (κ2) is 4.11. The van der Waals surface area contributed by atoms with E-state index in [4.69, 9.17) is 0 Å². The standard InChI is InChI=1S/C14H21N3O/c1-9(2)13-16-11(7-12(18)17-13)15-8-14(5-6-14)10-3-4-10/h7,9-10H,3-6,8H2,1-2H3,(H2,15,16,17,18). The normalized spacial score (nSPS) is 21.1. The van der Waals surface area contributed by atoms with Crippen LogP contribution in [0.3, 0.4) is 0 Å². The van der Waals surface area contributed by atoms with Crippen molar-refractivity contribution >= 4 is 5.82 Å². The highest BCUT2D eigenvalue weighted by atomic mass is 16.1. The topological polar surface area (TPSA) is 57.8 Å². The summed E-state index contributed by atoms with van der Waals surface area (Å²) in [5.74, 6) is 2.67. The van der Waals surface area contributed by atoms with Crippen LogP contribution in [0.4, 0.5) is 5.82 Å². The molecule has 0 aliphatic heterocycles. The lowest BCUT2D eigenvalue weighted by atomic mass is 10.0. The Bertz CT molecular complexity index is 498. The van der Waals surface area contributed by atoms with E-state index in [9.17, 15) is 4.79 Å². The van der Waals surface area contributed by atoms with Gasteiger partial charge >= 0.3 is 0 Å². The lowest BCUT2D eigenvalue weighted by molar-refractivity contribution is 0.466. The molecule has 18 heavy (non-hydrogen) atoms. The van der Waals surface area contributed by atoms with Crippen molar-refractivity contribution in [3.8, 4) is 0 Å². The van der Waals surface area contributed by atoms with Gasteiger partial charge in [0, 0.05) is 18.5 Å². The number of anilines is 1. The van der Waals surface area contributed by atoms with E-state index in [1.54, 1.807) is 6.07 Å². The van der Waals surface area contributed by atoms with Crippen LogP contribution in [0.15, 0.2) is 10.9 Å². The number of rotatable bonds is 5. The Balaban J connectivity index is 1.70. The second-order valence-corrected chi connectivity index (χ2v) is 6.16. The van der Waals surface area contributed by atoms with E-state index in [1.165, 1.54) is 25.7 Å². The fourth-order valence-electron chi connectivity index (χ4n) is 2.69. The summed E-state index contributed by atoms with van der Waals surface area (Å²) in [6.07, 6.45) is 5.46. The molecule has 2 aliphatic carbocycles. The summed E-state index contributed by atoms with van der Waals surface area (Å²) in [5, 5.41) is 3.37. The van der Waals surface area contributed by atoms with Gasteiger partial charge in [0.15, 0.2) is 0 Å². The summed E-state index contributed by atoms with van der Waals surface area (Å²) in [6.45, 7) is 5.05. The molecule has 0 bridgehead atoms. The lowest BCUT2D eigenvalue weighted by Crippen LogP contribution is -2.20. The first-order valence-corrected chi connectivity index (χ1v) is 6.94. The summed E-state index contributed by atoms with van der Waals surface area (Å²) in [5.41, 5.74) is 0.468. The Morgan fingerprint density at radius 1 is 1.50 bits per heavy atom. The molecule has 2 N–H and O–H groups in total. The number of nitrogens with zero attached hydrogens (tertiary/aromatic N) is 1. The first-order chi connectivity index (χ1) is 8.59. The van der Waals surface area contributed by atoms with Crippen LogP contribution in [0.25, 0.3) is 0 Å². The van der Waals surface area contributed by atoms with Crippen LogP contribution in [-0.2, 0) is 0 Å². The minimum Gasteiger partial charge on any atom is -0.369 e. The highest BCUT2D eigenvalue weighted by Crippen LogP contribution is 2.61. The van der Waals surface area contributed by atoms with Gasteiger partial charge in [-0.1, -0.05) is 13.8 Å². The molecule has 0 spiro atoms. The monoisotopic (exact) mass is 247 g/mol. The molecular weight excluding hydrogens is 226 g/mol. The molecule has 0 radical (unpaired) electrons. The molecule has 0 atom stereocenters. The Hall–Kier alpha value is -1.32. The van der Waals surface area contributed by atoms with Gasteiger partial charge in [-0.05, 0) is 37.0 Å². The number of aromatic nitrogens is 2. The van der Waals surface area contributed by atoms with Crippen molar-refractivity contribution in [3.05, 3.63) is 22.2 Å². The molecule has 2 saturated carbocycles. The molecule has 2 fully saturated rings. The number of hydrogen-bond donors (Lipinski definition) is 2. The van der Waals surface area contributed by atoms with Gasteiger partial charge in [0.1, 0.15) is 11.6 Å². The van der Waals surface area contributed by atoms with Gasteiger partial charge < -0.3 is 10.3 Å². The number of hydrogen-bond acceptors (Lipinski definition) is 3. The van der Waals surface area contributed by atoms with Gasteiger partial charge in [-0.3, -0.25) is 4.79 Å². The maximum absolute atomic E-state index is 11.6. The van der Waals surface area contributed by atoms with Crippen LogP contribution >= 0.6 is 0 Å². The fraction of sp³-hybridized carbons (Fsp3) is 0.714. The largest absolute Gasteiger partial charge is 0.369 e. The first kappa shape index (κ1) is 11.8. The van der Waals surface area contributed by atoms with Gasteiger partial charge in [0.05, 0.1) is 0 Å². The Morgan fingerprint density at radius 2 is 2.22 bits per heavy atom. The SMILES string of the molecule is CC(C)c1nc(NCC2(C3CC3)CC2)cc(=O)[nH]1. The lowest BCUT2D eigenvalue weighted by Gasteiger charge is -2.16. The van der Waals surface area contributed by atoms with Crippen molar-refractivity contribution in [2.45, 2.75) is 45.4 Å². The minimum atomic E-state index is -0.0625. The number of aromatic amines is 1. The van der Waals surface area contributed by atoms with Crippen LogP contribution in [-0.4, -0.2) is 16.5 Å². The van der Waals surface area contributed by atoms with Crippen molar-refractivity contribution in [3.63, 3.8) is 0 Å². The van der Waals surface area contributed by atoms with E-state index >= 15 is 0 Å². The predicted octanol–water partition coefficient (Wildman–Crippen LogP) is 2.50. The van der Waals surface area contributed by atoms with Crippen molar-refractivity contribution < 1.29 is 0 Å². The van der Waals surface area contributed by atoms with Crippen LogP contribution in [0, 0.1) is 11.3 Å². The zero-order chi connectivity index (χ0) is 12.8. The van der Waals surface area contributed by atoms with E-state index in [2.05, 4.69) is 15.3 Å². The molecule has 0 aromatic carbocycles. The van der Waals surface area contributed by atoms with Crippen molar-refractivity contribution in [2.24, 2.45) is 11.3 Å². The van der Waals surface area contributed by atoms with Crippen molar-refractivity contribution in [1.82, 2.24) is 9.97 Å². The minimum absolute atomic E-state index is 0.0625. The van der Waals surface area contributed by atoms with Gasteiger partial charge in [-0.25, -0.2) is 4.98 Å². The molecule has 0 unspecified atom stereocenters. The molecular formula is C14H21N3O. The molecule has 2 aliphatic rings. The first-order valence-electron chi connectivity index (χ1n) is 6.94. The smallest absolute Gasteiger partial charge is 0.252 e. The zero-order valence-corrected chi connectivity index (χ0v) is 11.1. The molecule has 98 valence electrons. The maximum atomic E-state index is 11.6. The number of H-pyrrole nitrogens is 1. The van der Waals surface area contributed by atoms with Crippen LogP contribution < -0.4 is 10.9 Å². The van der Waals surface area contributed by atoms with Gasteiger partial charge in [-0.15, -0.1) is 0 Å². The molecule has 1 heterocycles. The second-order valence-electron chi connectivity index (χ2n) is 6.16. The third kappa shape index (κ3) is 2.28. The molecule has 1 aromatic rings. The summed E-state index contributed by atoms with van der Waals surface area (Å²) < 4.78 is 0. The van der Waals surface area contributed by atoms with E-state index in [0.29, 0.717) is 5.41 Å². The van der Waals surface area contributed by atoms with Crippen LogP contribution in [0.1, 0.15) is 51.3 Å². The van der Waals surface area contributed by atoms with Crippen LogP contribution in [0.5, 0.6) is 0 Å². The summed E-state index contributed by atoms with van der Waals surface area (Å²) in [6, 6.07) is 1.56. The van der Waals surface area contributed by atoms with E-state index in [-0.39, 0.29) is 11.5 Å². The highest BCUT2D eigenvalue weighted by molar-refractivity contribution is 5.34. The Kier molecular flexibility index (Phi) is 2.68. The quantitative estimate of drug-likeness (QED) is 0.840. The number of nitrogens with one attached hydrogen (secondary N) is 2. The van der Waals surface area contributed by atoms with E-state index in [0.717, 1.165) is 24.1 Å². The molecule has 0 amide bonds. The Labute approximate surface area is 107 Å². The molecule has 0 saturated heterocycles. The van der Waals surface area contributed by atoms with Crippen molar-refractivity contribution in [2.75, 3.05) is 11.9 Å². The van der Waals surface area contributed by atoms with E-state index in [1.807, 2.05) is 13.8 Å². The zero-order valence-electron chi connectivity index (χ0n) is 11.1. The molecule has 1 aromatic heterocycles. The third-order valence-electron chi connectivity index (χ3n) is 4.26. The fourth-order valence-corrected chi connectivity index (χ4v) is 2.69. The third-order valence-corrected chi connectivity index (χ3v) is 4.26. The average Bonchev–Trinajstić information content (AvgIpc) is 3.17. The molecule has 4 heteroatoms. The highest BCUT2D eigenvalue weighted by Gasteiger charge is 2.53. The maximum Gasteiger partial charge on any atom is 0.252 e.